The van der Waals surface area contributed by atoms with Crippen LogP contribution < -0.4 is 9.64 Å². The Hall–Kier alpha value is -1.81. The lowest BCUT2D eigenvalue weighted by molar-refractivity contribution is 0.0985. The number of para-hydroxylation sites is 1. The molecule has 0 N–H and O–H groups in total. The van der Waals surface area contributed by atoms with Gasteiger partial charge < -0.3 is 9.64 Å². The highest BCUT2D eigenvalue weighted by atomic mass is 79.9. The van der Waals surface area contributed by atoms with Crippen LogP contribution in [0.25, 0.3) is 0 Å². The number of anilines is 1. The highest BCUT2D eigenvalue weighted by Crippen LogP contribution is 2.32. The molecular weight excluding hydrogens is 366 g/mol. The van der Waals surface area contributed by atoms with E-state index in [4.69, 9.17) is 4.74 Å². The first-order chi connectivity index (χ1) is 11.6. The smallest absolute Gasteiger partial charge is 0.262 e. The quantitative estimate of drug-likeness (QED) is 0.715. The van der Waals surface area contributed by atoms with Gasteiger partial charge in [0.05, 0.1) is 12.2 Å². The van der Waals surface area contributed by atoms with Crippen LogP contribution in [-0.4, -0.2) is 19.1 Å². The van der Waals surface area contributed by atoms with E-state index in [-0.39, 0.29) is 5.91 Å². The zero-order valence-electron chi connectivity index (χ0n) is 14.1. The number of fused-ring (bicyclic) bond motifs is 1. The first-order valence-corrected chi connectivity index (χ1v) is 9.17. The fourth-order valence-electron chi connectivity index (χ4n) is 2.89. The van der Waals surface area contributed by atoms with Crippen molar-refractivity contribution < 1.29 is 9.53 Å². The molecule has 126 valence electrons. The number of ether oxygens (including phenoxy) is 1. The highest BCUT2D eigenvalue weighted by Gasteiger charge is 2.27. The Bertz CT molecular complexity index is 742. The standard InChI is InChI=1S/C20H22BrNO2/c1-14(2)10-12-24-19-8-7-16(21)13-17(19)20(23)22-11-9-15-5-3-4-6-18(15)22/h3-8,13-14H,9-12H2,1-2H3. The molecule has 0 saturated heterocycles. The van der Waals surface area contributed by atoms with Crippen LogP contribution in [0.1, 0.15) is 36.2 Å². The van der Waals surface area contributed by atoms with Crippen LogP contribution in [0.5, 0.6) is 5.75 Å². The third-order valence-corrected chi connectivity index (χ3v) is 4.75. The average molecular weight is 388 g/mol. The first-order valence-electron chi connectivity index (χ1n) is 8.38. The van der Waals surface area contributed by atoms with E-state index in [0.717, 1.165) is 29.5 Å². The molecule has 0 bridgehead atoms. The number of amides is 1. The van der Waals surface area contributed by atoms with Crippen LogP contribution in [0.4, 0.5) is 5.69 Å². The summed E-state index contributed by atoms with van der Waals surface area (Å²) in [6, 6.07) is 13.7. The van der Waals surface area contributed by atoms with Crippen LogP contribution in [-0.2, 0) is 6.42 Å². The number of benzene rings is 2. The lowest BCUT2D eigenvalue weighted by Gasteiger charge is -2.20. The molecule has 2 aromatic rings. The molecule has 1 heterocycles. The van der Waals surface area contributed by atoms with Gasteiger partial charge in [-0.1, -0.05) is 48.0 Å². The van der Waals surface area contributed by atoms with Crippen molar-refractivity contribution in [3.63, 3.8) is 0 Å². The summed E-state index contributed by atoms with van der Waals surface area (Å²) in [5.41, 5.74) is 2.85. The fraction of sp³-hybridized carbons (Fsp3) is 0.350. The van der Waals surface area contributed by atoms with Crippen molar-refractivity contribution in [3.8, 4) is 5.75 Å². The maximum atomic E-state index is 13.1. The van der Waals surface area contributed by atoms with Gasteiger partial charge >= 0.3 is 0 Å². The van der Waals surface area contributed by atoms with Gasteiger partial charge in [-0.05, 0) is 48.6 Å². The van der Waals surface area contributed by atoms with Gasteiger partial charge in [0, 0.05) is 16.7 Å². The maximum Gasteiger partial charge on any atom is 0.262 e. The van der Waals surface area contributed by atoms with Crippen molar-refractivity contribution in [1.82, 2.24) is 0 Å². The van der Waals surface area contributed by atoms with Crippen molar-refractivity contribution in [2.24, 2.45) is 5.92 Å². The van der Waals surface area contributed by atoms with Gasteiger partial charge in [0.2, 0.25) is 0 Å². The molecule has 0 spiro atoms. The second kappa shape index (κ2) is 7.39. The fourth-order valence-corrected chi connectivity index (χ4v) is 3.26. The summed E-state index contributed by atoms with van der Waals surface area (Å²) in [6.07, 6.45) is 1.87. The molecule has 4 heteroatoms. The van der Waals surface area contributed by atoms with Crippen LogP contribution >= 0.6 is 15.9 Å². The first kappa shape index (κ1) is 17.0. The molecule has 1 amide bonds. The second-order valence-electron chi connectivity index (χ2n) is 6.51. The molecule has 1 aliphatic heterocycles. The Morgan fingerprint density at radius 3 is 2.83 bits per heavy atom. The number of hydrogen-bond donors (Lipinski definition) is 0. The molecular formula is C20H22BrNO2. The van der Waals surface area contributed by atoms with Crippen LogP contribution in [0.15, 0.2) is 46.9 Å². The van der Waals surface area contributed by atoms with E-state index in [2.05, 4.69) is 35.8 Å². The third kappa shape index (κ3) is 3.64. The SMILES string of the molecule is CC(C)CCOc1ccc(Br)cc1C(=O)N1CCc2ccccc21. The van der Waals surface area contributed by atoms with Crippen LogP contribution in [0.2, 0.25) is 0 Å². The van der Waals surface area contributed by atoms with Crippen molar-refractivity contribution in [2.75, 3.05) is 18.1 Å². The zero-order chi connectivity index (χ0) is 17.1. The average Bonchev–Trinajstić information content (AvgIpc) is 2.99. The Kier molecular flexibility index (Phi) is 5.24. The molecule has 0 fully saturated rings. The Morgan fingerprint density at radius 1 is 1.25 bits per heavy atom. The molecule has 3 nitrogen and oxygen atoms in total. The summed E-state index contributed by atoms with van der Waals surface area (Å²) in [7, 11) is 0. The summed E-state index contributed by atoms with van der Waals surface area (Å²) in [5, 5.41) is 0. The minimum atomic E-state index is 0.000738. The number of nitrogens with zero attached hydrogens (tertiary/aromatic N) is 1. The number of carbonyl (C=O) groups is 1. The summed E-state index contributed by atoms with van der Waals surface area (Å²) >= 11 is 3.47. The molecule has 24 heavy (non-hydrogen) atoms. The molecule has 0 saturated carbocycles. The molecule has 0 aromatic heterocycles. The van der Waals surface area contributed by atoms with Gasteiger partial charge in [0.15, 0.2) is 0 Å². The van der Waals surface area contributed by atoms with E-state index in [9.17, 15) is 4.79 Å². The molecule has 0 atom stereocenters. The summed E-state index contributed by atoms with van der Waals surface area (Å²) in [6.45, 7) is 5.67. The maximum absolute atomic E-state index is 13.1. The van der Waals surface area contributed by atoms with E-state index in [1.54, 1.807) is 0 Å². The van der Waals surface area contributed by atoms with Gasteiger partial charge in [0.1, 0.15) is 5.75 Å². The number of hydrogen-bond acceptors (Lipinski definition) is 2. The van der Waals surface area contributed by atoms with E-state index >= 15 is 0 Å². The van der Waals surface area contributed by atoms with E-state index in [1.165, 1.54) is 5.56 Å². The number of carbonyl (C=O) groups excluding carboxylic acids is 1. The van der Waals surface area contributed by atoms with E-state index in [1.807, 2.05) is 41.3 Å². The number of rotatable bonds is 5. The molecule has 0 aliphatic carbocycles. The van der Waals surface area contributed by atoms with Gasteiger partial charge in [-0.15, -0.1) is 0 Å². The van der Waals surface area contributed by atoms with Gasteiger partial charge in [0.25, 0.3) is 5.91 Å². The van der Waals surface area contributed by atoms with Crippen molar-refractivity contribution in [1.29, 1.82) is 0 Å². The highest BCUT2D eigenvalue weighted by molar-refractivity contribution is 9.10. The minimum absolute atomic E-state index is 0.000738. The third-order valence-electron chi connectivity index (χ3n) is 4.26. The molecule has 1 aliphatic rings. The molecule has 2 aromatic carbocycles. The lowest BCUT2D eigenvalue weighted by atomic mass is 10.1. The van der Waals surface area contributed by atoms with Gasteiger partial charge in [-0.25, -0.2) is 0 Å². The summed E-state index contributed by atoms with van der Waals surface area (Å²) in [4.78, 5) is 15.0. The van der Waals surface area contributed by atoms with Crippen LogP contribution in [0, 0.1) is 5.92 Å². The number of halogens is 1. The largest absolute Gasteiger partial charge is 0.493 e. The predicted octanol–water partition coefficient (Wildman–Crippen LogP) is 5.08. The van der Waals surface area contributed by atoms with Gasteiger partial charge in [-0.3, -0.25) is 4.79 Å². The summed E-state index contributed by atoms with van der Waals surface area (Å²) < 4.78 is 6.79. The minimum Gasteiger partial charge on any atom is -0.493 e. The molecule has 3 rings (SSSR count). The van der Waals surface area contributed by atoms with Crippen molar-refractivity contribution in [2.45, 2.75) is 26.7 Å². The molecule has 0 radical (unpaired) electrons. The zero-order valence-corrected chi connectivity index (χ0v) is 15.7. The van der Waals surface area contributed by atoms with Crippen molar-refractivity contribution in [3.05, 3.63) is 58.1 Å². The second-order valence-corrected chi connectivity index (χ2v) is 7.42. The lowest BCUT2D eigenvalue weighted by Crippen LogP contribution is -2.29. The van der Waals surface area contributed by atoms with Crippen molar-refractivity contribution >= 4 is 27.5 Å². The van der Waals surface area contributed by atoms with E-state index < -0.39 is 0 Å². The monoisotopic (exact) mass is 387 g/mol. The topological polar surface area (TPSA) is 29.5 Å². The normalized spacial score (nSPS) is 13.2. The van der Waals surface area contributed by atoms with E-state index in [0.29, 0.717) is 23.8 Å². The molecule has 0 unspecified atom stereocenters. The summed E-state index contributed by atoms with van der Waals surface area (Å²) in [5.74, 6) is 1.24. The Morgan fingerprint density at radius 2 is 2.04 bits per heavy atom. The predicted molar refractivity (Wildman–Crippen MR) is 101 cm³/mol. The Balaban J connectivity index is 1.85. The Labute approximate surface area is 151 Å². The van der Waals surface area contributed by atoms with Gasteiger partial charge in [-0.2, -0.15) is 0 Å². The van der Waals surface area contributed by atoms with Crippen LogP contribution in [0.3, 0.4) is 0 Å².